The van der Waals surface area contributed by atoms with Crippen molar-refractivity contribution in [3.8, 4) is 0 Å². The molecule has 0 bridgehead atoms. The molecule has 1 aromatic heterocycles. The van der Waals surface area contributed by atoms with Crippen molar-refractivity contribution >= 4 is 5.91 Å². The first-order valence-corrected chi connectivity index (χ1v) is 7.64. The van der Waals surface area contributed by atoms with Crippen LogP contribution in [-0.2, 0) is 33.5 Å². The Labute approximate surface area is 130 Å². The number of carbonyl (C=O) groups excluding carboxylic acids is 1. The third kappa shape index (κ3) is 2.22. The van der Waals surface area contributed by atoms with Crippen molar-refractivity contribution in [3.63, 3.8) is 0 Å². The lowest BCUT2D eigenvalue weighted by molar-refractivity contribution is -0.228. The quantitative estimate of drug-likeness (QED) is 0.617. The standard InChI is InChI=1S/C16H22N2O4/c1-11-16(22-10-21-2,15(20)18(11)9-19)8-14-13-5-3-4-12(13)6-7-17-14/h6-7,11,19H,3-5,8-10H2,1-2H3/t11?,16-/m1/s1. The Morgan fingerprint density at radius 2 is 2.32 bits per heavy atom. The van der Waals surface area contributed by atoms with E-state index in [-0.39, 0.29) is 25.5 Å². The minimum Gasteiger partial charge on any atom is -0.376 e. The molecule has 1 amide bonds. The number of amides is 1. The van der Waals surface area contributed by atoms with Crippen molar-refractivity contribution in [1.29, 1.82) is 0 Å². The summed E-state index contributed by atoms with van der Waals surface area (Å²) in [6, 6.07) is 1.85. The van der Waals surface area contributed by atoms with E-state index >= 15 is 0 Å². The van der Waals surface area contributed by atoms with Crippen LogP contribution in [0.25, 0.3) is 0 Å². The Hall–Kier alpha value is -1.50. The van der Waals surface area contributed by atoms with Crippen LogP contribution in [0, 0.1) is 0 Å². The van der Waals surface area contributed by atoms with E-state index in [1.165, 1.54) is 23.1 Å². The van der Waals surface area contributed by atoms with E-state index in [2.05, 4.69) is 11.1 Å². The Kier molecular flexibility index (Phi) is 4.16. The number of ether oxygens (including phenoxy) is 2. The number of aryl methyl sites for hydroxylation is 1. The van der Waals surface area contributed by atoms with Gasteiger partial charge in [-0.2, -0.15) is 0 Å². The minimum absolute atomic E-state index is 0.0460. The minimum atomic E-state index is -0.983. The predicted molar refractivity (Wildman–Crippen MR) is 79.1 cm³/mol. The second kappa shape index (κ2) is 5.95. The number of rotatable bonds is 6. The Morgan fingerprint density at radius 1 is 1.50 bits per heavy atom. The first-order chi connectivity index (χ1) is 10.6. The zero-order valence-corrected chi connectivity index (χ0v) is 13.0. The highest BCUT2D eigenvalue weighted by atomic mass is 16.7. The van der Waals surface area contributed by atoms with Crippen molar-refractivity contribution in [3.05, 3.63) is 29.1 Å². The number of nitrogens with zero attached hydrogens (tertiary/aromatic N) is 2. The SMILES string of the molecule is COCO[C@@]1(Cc2nccc3c2CCC3)C(=O)N(CO)C1C. The topological polar surface area (TPSA) is 71.9 Å². The second-order valence-electron chi connectivity index (χ2n) is 5.96. The maximum Gasteiger partial charge on any atom is 0.259 e. The Morgan fingerprint density at radius 3 is 3.00 bits per heavy atom. The molecule has 1 aliphatic heterocycles. The summed E-state index contributed by atoms with van der Waals surface area (Å²) in [5.41, 5.74) is 2.53. The van der Waals surface area contributed by atoms with Gasteiger partial charge in [0.2, 0.25) is 0 Å². The molecule has 1 N–H and O–H groups in total. The second-order valence-corrected chi connectivity index (χ2v) is 5.96. The molecular weight excluding hydrogens is 284 g/mol. The van der Waals surface area contributed by atoms with Gasteiger partial charge in [-0.05, 0) is 43.4 Å². The Balaban J connectivity index is 1.89. The zero-order chi connectivity index (χ0) is 15.7. The highest BCUT2D eigenvalue weighted by Gasteiger charge is 2.60. The lowest BCUT2D eigenvalue weighted by atomic mass is 9.78. The van der Waals surface area contributed by atoms with Gasteiger partial charge in [-0.15, -0.1) is 0 Å². The largest absolute Gasteiger partial charge is 0.376 e. The summed E-state index contributed by atoms with van der Waals surface area (Å²) in [6.07, 6.45) is 5.44. The number of aromatic nitrogens is 1. The number of fused-ring (bicyclic) bond motifs is 1. The molecule has 120 valence electrons. The normalized spacial score (nSPS) is 27.0. The van der Waals surface area contributed by atoms with Crippen molar-refractivity contribution < 1.29 is 19.4 Å². The van der Waals surface area contributed by atoms with Crippen molar-refractivity contribution in [2.45, 2.75) is 44.2 Å². The van der Waals surface area contributed by atoms with Gasteiger partial charge in [-0.1, -0.05) is 0 Å². The number of β-lactam (4-membered cyclic amide) rings is 1. The predicted octanol–water partition coefficient (Wildman–Crippen LogP) is 0.653. The molecule has 2 aliphatic rings. The molecule has 0 aromatic carbocycles. The number of aliphatic hydroxyl groups is 1. The summed E-state index contributed by atoms with van der Waals surface area (Å²) >= 11 is 0. The van der Waals surface area contributed by atoms with Gasteiger partial charge in [0.05, 0.1) is 6.04 Å². The van der Waals surface area contributed by atoms with Gasteiger partial charge in [0.25, 0.3) is 5.91 Å². The molecule has 1 saturated heterocycles. The van der Waals surface area contributed by atoms with Crippen LogP contribution in [0.1, 0.15) is 30.2 Å². The first kappa shape index (κ1) is 15.4. The summed E-state index contributed by atoms with van der Waals surface area (Å²) in [6.45, 7) is 1.64. The third-order valence-electron chi connectivity index (χ3n) is 4.90. The summed E-state index contributed by atoms with van der Waals surface area (Å²) < 4.78 is 10.8. The summed E-state index contributed by atoms with van der Waals surface area (Å²) in [4.78, 5) is 18.4. The maximum atomic E-state index is 12.5. The molecule has 0 radical (unpaired) electrons. The van der Waals surface area contributed by atoms with Gasteiger partial charge >= 0.3 is 0 Å². The van der Waals surface area contributed by atoms with Crippen LogP contribution in [0.2, 0.25) is 0 Å². The van der Waals surface area contributed by atoms with Crippen LogP contribution in [-0.4, -0.2) is 53.2 Å². The molecule has 2 heterocycles. The fraction of sp³-hybridized carbons (Fsp3) is 0.625. The molecule has 1 unspecified atom stereocenters. The number of likely N-dealkylation sites (tertiary alicyclic amines) is 1. The average molecular weight is 306 g/mol. The van der Waals surface area contributed by atoms with Gasteiger partial charge < -0.3 is 19.5 Å². The van der Waals surface area contributed by atoms with Crippen LogP contribution in [0.3, 0.4) is 0 Å². The maximum absolute atomic E-state index is 12.5. The number of aliphatic hydroxyl groups excluding tert-OH is 1. The van der Waals surface area contributed by atoms with E-state index in [4.69, 9.17) is 9.47 Å². The number of hydrogen-bond donors (Lipinski definition) is 1. The van der Waals surface area contributed by atoms with E-state index in [1.807, 2.05) is 6.92 Å². The van der Waals surface area contributed by atoms with Crippen LogP contribution < -0.4 is 0 Å². The van der Waals surface area contributed by atoms with Crippen LogP contribution in [0.15, 0.2) is 12.3 Å². The Bertz CT molecular complexity index is 577. The van der Waals surface area contributed by atoms with Gasteiger partial charge in [0, 0.05) is 25.4 Å². The van der Waals surface area contributed by atoms with E-state index in [9.17, 15) is 9.90 Å². The van der Waals surface area contributed by atoms with E-state index in [1.54, 1.807) is 6.20 Å². The number of hydrogen-bond acceptors (Lipinski definition) is 5. The molecule has 3 rings (SSSR count). The molecule has 22 heavy (non-hydrogen) atoms. The fourth-order valence-corrected chi connectivity index (χ4v) is 3.57. The molecule has 2 atom stereocenters. The van der Waals surface area contributed by atoms with Gasteiger partial charge in [0.1, 0.15) is 13.5 Å². The number of methoxy groups -OCH3 is 1. The summed E-state index contributed by atoms with van der Waals surface area (Å²) in [5.74, 6) is -0.197. The van der Waals surface area contributed by atoms with E-state index in [0.717, 1.165) is 25.0 Å². The molecule has 6 heteroatoms. The summed E-state index contributed by atoms with van der Waals surface area (Å²) in [5, 5.41) is 9.31. The first-order valence-electron chi connectivity index (χ1n) is 7.64. The molecule has 6 nitrogen and oxygen atoms in total. The monoisotopic (exact) mass is 306 g/mol. The van der Waals surface area contributed by atoms with Crippen molar-refractivity contribution in [1.82, 2.24) is 9.88 Å². The van der Waals surface area contributed by atoms with E-state index in [0.29, 0.717) is 6.42 Å². The smallest absolute Gasteiger partial charge is 0.259 e. The highest BCUT2D eigenvalue weighted by Crippen LogP contribution is 2.38. The van der Waals surface area contributed by atoms with Crippen LogP contribution in [0.5, 0.6) is 0 Å². The van der Waals surface area contributed by atoms with Crippen LogP contribution >= 0.6 is 0 Å². The lowest BCUT2D eigenvalue weighted by Gasteiger charge is -2.53. The van der Waals surface area contributed by atoms with E-state index < -0.39 is 5.60 Å². The average Bonchev–Trinajstić information content (AvgIpc) is 3.01. The molecule has 1 aromatic rings. The lowest BCUT2D eigenvalue weighted by Crippen LogP contribution is -2.75. The van der Waals surface area contributed by atoms with Gasteiger partial charge in [-0.3, -0.25) is 9.78 Å². The third-order valence-corrected chi connectivity index (χ3v) is 4.90. The van der Waals surface area contributed by atoms with Gasteiger partial charge in [0.15, 0.2) is 5.60 Å². The molecule has 0 spiro atoms. The highest BCUT2D eigenvalue weighted by molar-refractivity contribution is 5.93. The molecular formula is C16H22N2O4. The molecule has 1 fully saturated rings. The zero-order valence-electron chi connectivity index (χ0n) is 13.0. The van der Waals surface area contributed by atoms with Crippen LogP contribution in [0.4, 0.5) is 0 Å². The van der Waals surface area contributed by atoms with Crippen molar-refractivity contribution in [2.24, 2.45) is 0 Å². The fourth-order valence-electron chi connectivity index (χ4n) is 3.57. The number of carbonyl (C=O) groups is 1. The molecule has 0 saturated carbocycles. The van der Waals surface area contributed by atoms with Crippen molar-refractivity contribution in [2.75, 3.05) is 20.6 Å². The number of pyridine rings is 1. The molecule has 1 aliphatic carbocycles. The van der Waals surface area contributed by atoms with Gasteiger partial charge in [-0.25, -0.2) is 0 Å². The summed E-state index contributed by atoms with van der Waals surface area (Å²) in [7, 11) is 1.53.